The molecular formula is C25H32O4. The largest absolute Gasteiger partial charge is 0.497 e. The molecule has 2 atom stereocenters. The van der Waals surface area contributed by atoms with Crippen molar-refractivity contribution >= 4 is 6.47 Å². The van der Waals surface area contributed by atoms with Gasteiger partial charge in [-0.05, 0) is 74.6 Å². The van der Waals surface area contributed by atoms with E-state index in [4.69, 9.17) is 14.2 Å². The molecular weight excluding hydrogens is 364 g/mol. The van der Waals surface area contributed by atoms with Crippen LogP contribution in [0.4, 0.5) is 0 Å². The van der Waals surface area contributed by atoms with Crippen molar-refractivity contribution in [3.8, 4) is 11.5 Å². The zero-order valence-corrected chi connectivity index (χ0v) is 18.4. The van der Waals surface area contributed by atoms with Gasteiger partial charge in [0.2, 0.25) is 0 Å². The van der Waals surface area contributed by atoms with Gasteiger partial charge in [-0.25, -0.2) is 0 Å². The Morgan fingerprint density at radius 2 is 1.79 bits per heavy atom. The molecule has 0 N–H and O–H groups in total. The highest BCUT2D eigenvalue weighted by atomic mass is 16.5. The normalized spacial score (nSPS) is 12.8. The third-order valence-corrected chi connectivity index (χ3v) is 5.60. The Balaban J connectivity index is 2.41. The monoisotopic (exact) mass is 396 g/mol. The van der Waals surface area contributed by atoms with Gasteiger partial charge in [0, 0.05) is 11.5 Å². The van der Waals surface area contributed by atoms with E-state index in [1.54, 1.807) is 7.11 Å². The van der Waals surface area contributed by atoms with Gasteiger partial charge >= 0.3 is 0 Å². The molecule has 2 aromatic carbocycles. The fourth-order valence-corrected chi connectivity index (χ4v) is 3.74. The minimum atomic E-state index is -0.377. The first-order valence-corrected chi connectivity index (χ1v) is 9.94. The van der Waals surface area contributed by atoms with Crippen LogP contribution in [0.5, 0.6) is 11.5 Å². The molecule has 156 valence electrons. The highest BCUT2D eigenvalue weighted by Gasteiger charge is 2.29. The third kappa shape index (κ3) is 5.20. The van der Waals surface area contributed by atoms with Crippen molar-refractivity contribution in [1.82, 2.24) is 0 Å². The number of benzene rings is 2. The Labute approximate surface area is 174 Å². The first-order chi connectivity index (χ1) is 13.8. The van der Waals surface area contributed by atoms with Crippen molar-refractivity contribution in [2.24, 2.45) is 5.92 Å². The summed E-state index contributed by atoms with van der Waals surface area (Å²) in [5, 5.41) is 0. The lowest BCUT2D eigenvalue weighted by Crippen LogP contribution is -2.19. The average Bonchev–Trinajstić information content (AvgIpc) is 2.70. The van der Waals surface area contributed by atoms with Crippen LogP contribution in [-0.2, 0) is 16.1 Å². The summed E-state index contributed by atoms with van der Waals surface area (Å²) in [6.07, 6.45) is 0.459. The molecule has 0 spiro atoms. The maximum atomic E-state index is 11.3. The molecule has 0 aliphatic rings. The van der Waals surface area contributed by atoms with Crippen LogP contribution < -0.4 is 9.47 Å². The van der Waals surface area contributed by atoms with E-state index in [0.717, 1.165) is 51.3 Å². The van der Waals surface area contributed by atoms with Crippen LogP contribution in [0.2, 0.25) is 0 Å². The number of rotatable bonds is 10. The van der Waals surface area contributed by atoms with E-state index in [9.17, 15) is 4.79 Å². The van der Waals surface area contributed by atoms with Crippen molar-refractivity contribution in [3.63, 3.8) is 0 Å². The van der Waals surface area contributed by atoms with Crippen LogP contribution in [0.1, 0.15) is 54.2 Å². The van der Waals surface area contributed by atoms with Crippen LogP contribution in [0.3, 0.4) is 0 Å². The van der Waals surface area contributed by atoms with Crippen LogP contribution in [-0.4, -0.2) is 13.6 Å². The summed E-state index contributed by atoms with van der Waals surface area (Å²) in [6.45, 7) is 15.3. The van der Waals surface area contributed by atoms with Crippen molar-refractivity contribution < 1.29 is 19.0 Å². The highest BCUT2D eigenvalue weighted by molar-refractivity contribution is 5.51. The third-order valence-electron chi connectivity index (χ3n) is 5.60. The molecule has 0 aliphatic carbocycles. The Morgan fingerprint density at radius 3 is 2.31 bits per heavy atom. The molecule has 2 aromatic rings. The Bertz CT molecular complexity index is 852. The minimum Gasteiger partial charge on any atom is -0.497 e. The molecule has 4 nitrogen and oxygen atoms in total. The lowest BCUT2D eigenvalue weighted by atomic mass is 9.83. The molecule has 29 heavy (non-hydrogen) atoms. The summed E-state index contributed by atoms with van der Waals surface area (Å²) in [6, 6.07) is 9.87. The predicted molar refractivity (Wildman–Crippen MR) is 116 cm³/mol. The number of aryl methyl sites for hydroxylation is 1. The summed E-state index contributed by atoms with van der Waals surface area (Å²) in [7, 11) is 1.65. The van der Waals surface area contributed by atoms with Crippen molar-refractivity contribution in [1.29, 1.82) is 0 Å². The number of carbonyl (C=O) groups is 1. The summed E-state index contributed by atoms with van der Waals surface area (Å²) < 4.78 is 17.0. The second kappa shape index (κ2) is 10.1. The van der Waals surface area contributed by atoms with Gasteiger partial charge < -0.3 is 14.2 Å². The van der Waals surface area contributed by atoms with Gasteiger partial charge in [0.25, 0.3) is 6.47 Å². The van der Waals surface area contributed by atoms with Crippen molar-refractivity contribution in [2.75, 3.05) is 7.11 Å². The molecule has 0 saturated heterocycles. The topological polar surface area (TPSA) is 44.8 Å². The molecule has 0 heterocycles. The molecule has 0 bridgehead atoms. The lowest BCUT2D eigenvalue weighted by Gasteiger charge is -2.29. The van der Waals surface area contributed by atoms with E-state index in [0.29, 0.717) is 13.1 Å². The molecule has 4 heteroatoms. The molecule has 0 amide bonds. The summed E-state index contributed by atoms with van der Waals surface area (Å²) in [5.74, 6) is 1.67. The highest BCUT2D eigenvalue weighted by Crippen LogP contribution is 2.40. The first-order valence-electron chi connectivity index (χ1n) is 9.94. The molecule has 0 aliphatic heterocycles. The Hall–Kier alpha value is -2.75. The van der Waals surface area contributed by atoms with Gasteiger partial charge in [-0.3, -0.25) is 4.79 Å². The Kier molecular flexibility index (Phi) is 7.89. The van der Waals surface area contributed by atoms with E-state index in [2.05, 4.69) is 33.4 Å². The molecule has 0 fully saturated rings. The van der Waals surface area contributed by atoms with E-state index in [-0.39, 0.29) is 12.0 Å². The molecule has 0 radical (unpaired) electrons. The zero-order valence-electron chi connectivity index (χ0n) is 18.4. The van der Waals surface area contributed by atoms with Crippen LogP contribution in [0.25, 0.3) is 0 Å². The number of methoxy groups -OCH3 is 1. The van der Waals surface area contributed by atoms with Gasteiger partial charge in [0.15, 0.2) is 0 Å². The fourth-order valence-electron chi connectivity index (χ4n) is 3.74. The van der Waals surface area contributed by atoms with E-state index < -0.39 is 0 Å². The molecule has 2 rings (SSSR count). The molecule has 0 aromatic heterocycles. The Morgan fingerprint density at radius 1 is 1.14 bits per heavy atom. The lowest BCUT2D eigenvalue weighted by molar-refractivity contribution is -0.136. The van der Waals surface area contributed by atoms with E-state index in [1.165, 1.54) is 0 Å². The quantitative estimate of drug-likeness (QED) is 0.364. The van der Waals surface area contributed by atoms with Crippen molar-refractivity contribution in [3.05, 3.63) is 70.3 Å². The van der Waals surface area contributed by atoms with E-state index in [1.807, 2.05) is 38.1 Å². The molecule has 0 unspecified atom stereocenters. The van der Waals surface area contributed by atoms with Gasteiger partial charge in [0.1, 0.15) is 24.2 Å². The minimum absolute atomic E-state index is 0.0499. The summed E-state index contributed by atoms with van der Waals surface area (Å²) in [5.41, 5.74) is 6.28. The number of carbonyl (C=O) groups excluding carboxylic acids is 1. The van der Waals surface area contributed by atoms with Crippen LogP contribution >= 0.6 is 0 Å². The SMILES string of the molecule is C=C(C)[C@H](CC)[C@@H](OC=O)c1c(C)c(C)cc(OCc2ccc(OC)cc2)c1C. The van der Waals surface area contributed by atoms with Gasteiger partial charge in [-0.1, -0.05) is 31.2 Å². The molecule has 0 saturated carbocycles. The zero-order chi connectivity index (χ0) is 21.6. The summed E-state index contributed by atoms with van der Waals surface area (Å²) >= 11 is 0. The standard InChI is InChI=1S/C25H32O4/c1-8-22(16(2)3)25(29-15-26)24-18(5)17(4)13-23(19(24)6)28-14-20-9-11-21(27-7)12-10-20/h9-13,15,22,25H,2,8,14H2,1,3-7H3/t22-,25+/m0/s1. The fraction of sp³-hybridized carbons (Fsp3) is 0.400. The van der Waals surface area contributed by atoms with Gasteiger partial charge in [0.05, 0.1) is 7.11 Å². The van der Waals surface area contributed by atoms with Gasteiger partial charge in [-0.15, -0.1) is 0 Å². The van der Waals surface area contributed by atoms with Gasteiger partial charge in [-0.2, -0.15) is 0 Å². The number of hydrogen-bond acceptors (Lipinski definition) is 4. The predicted octanol–water partition coefficient (Wildman–Crippen LogP) is 6.02. The second-order valence-corrected chi connectivity index (χ2v) is 7.51. The summed E-state index contributed by atoms with van der Waals surface area (Å²) in [4.78, 5) is 11.3. The van der Waals surface area contributed by atoms with Crippen molar-refractivity contribution in [2.45, 2.75) is 53.8 Å². The first kappa shape index (κ1) is 22.5. The number of ether oxygens (including phenoxy) is 3. The number of hydrogen-bond donors (Lipinski definition) is 0. The second-order valence-electron chi connectivity index (χ2n) is 7.51. The van der Waals surface area contributed by atoms with Crippen LogP contribution in [0.15, 0.2) is 42.5 Å². The van der Waals surface area contributed by atoms with E-state index >= 15 is 0 Å². The smallest absolute Gasteiger partial charge is 0.293 e. The maximum Gasteiger partial charge on any atom is 0.293 e. The average molecular weight is 397 g/mol. The van der Waals surface area contributed by atoms with Crippen LogP contribution in [0, 0.1) is 26.7 Å². The maximum absolute atomic E-state index is 11.3.